The molecule has 12 atom stereocenters. The number of rotatable bonds is 7. The van der Waals surface area contributed by atoms with Gasteiger partial charge in [0.05, 0.1) is 36.5 Å². The van der Waals surface area contributed by atoms with Gasteiger partial charge in [-0.25, -0.2) is 14.4 Å². The van der Waals surface area contributed by atoms with E-state index in [0.717, 1.165) is 0 Å². The molecule has 4 aliphatic rings. The molecule has 55 heavy (non-hydrogen) atoms. The third kappa shape index (κ3) is 6.75. The Hall–Kier alpha value is -3.89. The third-order valence-electron chi connectivity index (χ3n) is 12.5. The van der Waals surface area contributed by atoms with Gasteiger partial charge in [-0.15, -0.1) is 0 Å². The average Bonchev–Trinajstić information content (AvgIpc) is 3.12. The van der Waals surface area contributed by atoms with E-state index in [4.69, 9.17) is 18.9 Å². The number of amides is 1. The number of hydrogen-bond acceptors (Lipinski definition) is 13. The van der Waals surface area contributed by atoms with Crippen molar-refractivity contribution in [3.63, 3.8) is 0 Å². The first-order valence-electron chi connectivity index (χ1n) is 18.6. The molecule has 300 valence electrons. The van der Waals surface area contributed by atoms with E-state index in [1.54, 1.807) is 90.1 Å². The third-order valence-corrected chi connectivity index (χ3v) is 12.5. The second-order valence-corrected chi connectivity index (χ2v) is 17.2. The zero-order chi connectivity index (χ0) is 40.5. The van der Waals surface area contributed by atoms with Crippen molar-refractivity contribution in [1.29, 1.82) is 0 Å². The smallest absolute Gasteiger partial charge is 0.408 e. The number of nitrogens with one attached hydrogen (secondary N) is 1. The molecule has 6 rings (SSSR count). The van der Waals surface area contributed by atoms with Gasteiger partial charge in [0.25, 0.3) is 0 Å². The molecular formula is C41H53NO13. The predicted octanol–water partition coefficient (Wildman–Crippen LogP) is 2.48. The summed E-state index contributed by atoms with van der Waals surface area (Å²) in [7, 11) is 0. The Kier molecular flexibility index (Phi) is 10.6. The summed E-state index contributed by atoms with van der Waals surface area (Å²) in [5, 5.41) is 75.6. The summed E-state index contributed by atoms with van der Waals surface area (Å²) in [5.41, 5.74) is -7.54. The molecule has 0 radical (unpaired) electrons. The molecule has 14 nitrogen and oxygen atoms in total. The van der Waals surface area contributed by atoms with E-state index in [1.807, 2.05) is 0 Å². The van der Waals surface area contributed by atoms with Crippen LogP contribution >= 0.6 is 0 Å². The Morgan fingerprint density at radius 2 is 1.53 bits per heavy atom. The Morgan fingerprint density at radius 3 is 2.09 bits per heavy atom. The minimum Gasteiger partial charge on any atom is -0.456 e. The van der Waals surface area contributed by atoms with E-state index in [9.17, 15) is 45.0 Å². The van der Waals surface area contributed by atoms with Crippen molar-refractivity contribution >= 4 is 18.0 Å². The number of fused-ring (bicyclic) bond motifs is 5. The number of esters is 2. The highest BCUT2D eigenvalue weighted by atomic mass is 16.6. The molecule has 1 aliphatic heterocycles. The summed E-state index contributed by atoms with van der Waals surface area (Å²) in [6, 6.07) is 14.8. The molecule has 1 heterocycles. The van der Waals surface area contributed by atoms with Gasteiger partial charge in [-0.1, -0.05) is 69.3 Å². The SMILES string of the molecule is CC1=C2[C@@H](O)[C@@H](O)[C@@]3(C)[C@H]([C@H](OC(=O)c4ccccc4)[C@](O)(CC1OC(=O)[C@H](O)[C@@H](NC(=O)OC(C)(C)C)c1ccccc1)C2(C)C)[C@]1(O)CO[C@@H]1C[C@@H]3O. The molecule has 0 aromatic heterocycles. The first-order valence-corrected chi connectivity index (χ1v) is 18.6. The van der Waals surface area contributed by atoms with Crippen LogP contribution in [0.3, 0.4) is 0 Å². The molecule has 2 bridgehead atoms. The second kappa shape index (κ2) is 14.2. The Labute approximate surface area is 320 Å². The van der Waals surface area contributed by atoms with Crippen LogP contribution in [0.2, 0.25) is 0 Å². The van der Waals surface area contributed by atoms with Gasteiger partial charge in [0, 0.05) is 29.6 Å². The zero-order valence-electron chi connectivity index (χ0n) is 32.1. The first kappa shape index (κ1) is 40.8. The summed E-state index contributed by atoms with van der Waals surface area (Å²) in [6.07, 6.45) is -12.5. The molecule has 1 unspecified atom stereocenters. The molecule has 3 aliphatic carbocycles. The maximum atomic E-state index is 14.0. The fraction of sp³-hybridized carbons (Fsp3) is 0.585. The van der Waals surface area contributed by atoms with Crippen molar-refractivity contribution in [3.8, 4) is 0 Å². The van der Waals surface area contributed by atoms with Crippen LogP contribution in [-0.2, 0) is 23.7 Å². The normalized spacial score (nSPS) is 36.3. The van der Waals surface area contributed by atoms with Crippen LogP contribution in [0.4, 0.5) is 4.79 Å². The number of alkyl carbamates (subject to hydrolysis) is 1. The molecule has 2 aromatic carbocycles. The molecule has 1 saturated heterocycles. The fourth-order valence-electron chi connectivity index (χ4n) is 9.38. The summed E-state index contributed by atoms with van der Waals surface area (Å²) >= 11 is 0. The molecule has 0 spiro atoms. The summed E-state index contributed by atoms with van der Waals surface area (Å²) in [5.74, 6) is -3.50. The van der Waals surface area contributed by atoms with E-state index < -0.39 is 107 Å². The van der Waals surface area contributed by atoms with E-state index in [0.29, 0.717) is 5.56 Å². The van der Waals surface area contributed by atoms with Crippen molar-refractivity contribution in [1.82, 2.24) is 5.32 Å². The molecule has 2 saturated carbocycles. The number of ether oxygens (including phenoxy) is 4. The lowest BCUT2D eigenvalue weighted by Gasteiger charge is -2.68. The second-order valence-electron chi connectivity index (χ2n) is 17.2. The largest absolute Gasteiger partial charge is 0.456 e. The standard InChI is InChI=1S/C41H53NO13/c1-21-24(53-35(48)30(45)28(22-14-10-8-11-15-22)42-36(49)55-37(2,3)4)19-41(51)33(54-34(47)23-16-12-9-13-17-23)31-39(7,25(43)18-26-40(31,50)20-52-26)32(46)29(44)27(21)38(41,5)6/h8-17,24-26,28-33,43-46,50-51H,18-20H2,1-7H3,(H,42,49)/t24?,25-,26+,28-,29+,30+,31-,32+,33-,39+,40-,41+/m0/s1. The van der Waals surface area contributed by atoms with Gasteiger partial charge >= 0.3 is 18.0 Å². The summed E-state index contributed by atoms with van der Waals surface area (Å²) in [4.78, 5) is 40.8. The Morgan fingerprint density at radius 1 is 0.927 bits per heavy atom. The number of benzene rings is 2. The van der Waals surface area contributed by atoms with Gasteiger partial charge in [-0.05, 0) is 56.5 Å². The maximum Gasteiger partial charge on any atom is 0.408 e. The van der Waals surface area contributed by atoms with Crippen LogP contribution in [-0.4, -0.2) is 115 Å². The molecule has 1 amide bonds. The van der Waals surface area contributed by atoms with Gasteiger partial charge in [-0.2, -0.15) is 0 Å². The maximum absolute atomic E-state index is 14.0. The van der Waals surface area contributed by atoms with E-state index in [2.05, 4.69) is 5.32 Å². The highest BCUT2D eigenvalue weighted by Gasteiger charge is 2.76. The molecule has 14 heteroatoms. The van der Waals surface area contributed by atoms with Crippen molar-refractivity contribution in [2.24, 2.45) is 16.7 Å². The van der Waals surface area contributed by atoms with Crippen molar-refractivity contribution in [3.05, 3.63) is 82.9 Å². The number of aliphatic hydroxyl groups is 6. The van der Waals surface area contributed by atoms with Gasteiger partial charge in [0.2, 0.25) is 0 Å². The lowest BCUT2D eigenvalue weighted by Crippen LogP contribution is -2.81. The minimum atomic E-state index is -2.27. The van der Waals surface area contributed by atoms with Crippen molar-refractivity contribution in [2.45, 2.75) is 127 Å². The number of hydrogen-bond donors (Lipinski definition) is 7. The van der Waals surface area contributed by atoms with Gasteiger partial charge in [0.15, 0.2) is 6.10 Å². The van der Waals surface area contributed by atoms with Crippen LogP contribution in [0, 0.1) is 16.7 Å². The van der Waals surface area contributed by atoms with Crippen LogP contribution in [0.25, 0.3) is 0 Å². The average molecular weight is 768 g/mol. The highest BCUT2D eigenvalue weighted by Crippen LogP contribution is 2.64. The molecular weight excluding hydrogens is 714 g/mol. The summed E-state index contributed by atoms with van der Waals surface area (Å²) < 4.78 is 23.3. The minimum absolute atomic E-state index is 0.0548. The lowest BCUT2D eigenvalue weighted by molar-refractivity contribution is -0.363. The van der Waals surface area contributed by atoms with Gasteiger partial charge < -0.3 is 54.9 Å². The highest BCUT2D eigenvalue weighted by molar-refractivity contribution is 5.89. The first-order chi connectivity index (χ1) is 25.6. The molecule has 7 N–H and O–H groups in total. The predicted molar refractivity (Wildman–Crippen MR) is 195 cm³/mol. The van der Waals surface area contributed by atoms with E-state index >= 15 is 0 Å². The Bertz CT molecular complexity index is 1810. The number of carbonyl (C=O) groups is 3. The van der Waals surface area contributed by atoms with Crippen LogP contribution in [0.15, 0.2) is 71.8 Å². The lowest BCUT2D eigenvalue weighted by atomic mass is 9.44. The fourth-order valence-corrected chi connectivity index (χ4v) is 9.38. The zero-order valence-corrected chi connectivity index (χ0v) is 32.1. The van der Waals surface area contributed by atoms with Crippen LogP contribution in [0.1, 0.15) is 83.3 Å². The van der Waals surface area contributed by atoms with Crippen molar-refractivity contribution < 1.29 is 64.0 Å². The summed E-state index contributed by atoms with van der Waals surface area (Å²) in [6.45, 7) is 10.9. The van der Waals surface area contributed by atoms with Crippen LogP contribution in [0.5, 0.6) is 0 Å². The number of aliphatic hydroxyl groups excluding tert-OH is 4. The molecule has 3 fully saturated rings. The van der Waals surface area contributed by atoms with E-state index in [1.165, 1.54) is 19.1 Å². The van der Waals surface area contributed by atoms with E-state index in [-0.39, 0.29) is 29.7 Å². The molecule has 2 aromatic rings. The van der Waals surface area contributed by atoms with Crippen molar-refractivity contribution in [2.75, 3.05) is 6.61 Å². The topological polar surface area (TPSA) is 222 Å². The monoisotopic (exact) mass is 767 g/mol. The Balaban J connectivity index is 1.45. The number of carbonyl (C=O) groups excluding carboxylic acids is 3. The quantitative estimate of drug-likeness (QED) is 0.122. The van der Waals surface area contributed by atoms with Gasteiger partial charge in [-0.3, -0.25) is 0 Å². The van der Waals surface area contributed by atoms with Gasteiger partial charge in [0.1, 0.15) is 35.1 Å². The van der Waals surface area contributed by atoms with Crippen LogP contribution < -0.4 is 5.32 Å².